The van der Waals surface area contributed by atoms with Gasteiger partial charge in [0.2, 0.25) is 0 Å². The first-order chi connectivity index (χ1) is 27.5. The smallest absolute Gasteiger partial charge is 0.178 e. The number of rotatable bonds is 5. The Morgan fingerprint density at radius 1 is 0.561 bits per heavy atom. The van der Waals surface area contributed by atoms with E-state index in [0.717, 1.165) is 46.6 Å². The van der Waals surface area contributed by atoms with E-state index in [0.29, 0.717) is 0 Å². The van der Waals surface area contributed by atoms with Crippen LogP contribution in [0.1, 0.15) is 80.3 Å². The molecule has 0 radical (unpaired) electrons. The van der Waals surface area contributed by atoms with E-state index in [4.69, 9.17) is 14.2 Å². The number of fused-ring (bicyclic) bond motifs is 11. The van der Waals surface area contributed by atoms with Crippen LogP contribution in [-0.4, -0.2) is 14.2 Å². The molecule has 0 aromatic heterocycles. The fraction of sp³-hybridized carbons (Fsp3) is 0.259. The molecule has 10 rings (SSSR count). The van der Waals surface area contributed by atoms with Gasteiger partial charge in [-0.15, -0.1) is 0 Å². The minimum atomic E-state index is -0.916. The molecular formula is C54H50O3. The van der Waals surface area contributed by atoms with Crippen LogP contribution in [0.3, 0.4) is 0 Å². The topological polar surface area (TPSA) is 27.7 Å². The molecule has 0 atom stereocenters. The van der Waals surface area contributed by atoms with Crippen LogP contribution < -0.4 is 14.2 Å². The second kappa shape index (κ2) is 12.6. The fourth-order valence-corrected chi connectivity index (χ4v) is 11.7. The van der Waals surface area contributed by atoms with Gasteiger partial charge < -0.3 is 14.2 Å². The summed E-state index contributed by atoms with van der Waals surface area (Å²) < 4.78 is 19.1. The van der Waals surface area contributed by atoms with Crippen LogP contribution in [0, 0.1) is 17.8 Å². The largest absolute Gasteiger partial charge is 0.497 e. The molecule has 1 saturated carbocycles. The fourth-order valence-electron chi connectivity index (χ4n) is 11.7. The zero-order valence-electron chi connectivity index (χ0n) is 34.1. The molecule has 0 bridgehead atoms. The highest BCUT2D eigenvalue weighted by molar-refractivity contribution is 6.11. The number of benzene rings is 7. The summed E-state index contributed by atoms with van der Waals surface area (Å²) in [4.78, 5) is 0. The van der Waals surface area contributed by atoms with Gasteiger partial charge in [-0.25, -0.2) is 0 Å². The molecule has 3 aliphatic rings. The average Bonchev–Trinajstić information content (AvgIpc) is 3.47. The third kappa shape index (κ3) is 5.38. The van der Waals surface area contributed by atoms with Gasteiger partial charge in [0.15, 0.2) is 5.60 Å². The molecule has 3 heteroatoms. The Kier molecular flexibility index (Phi) is 7.87. The maximum absolute atomic E-state index is 7.86. The number of methoxy groups -OCH3 is 2. The van der Waals surface area contributed by atoms with Crippen molar-refractivity contribution >= 4 is 27.6 Å². The molecule has 1 fully saturated rings. The highest BCUT2D eigenvalue weighted by Gasteiger charge is 2.55. The van der Waals surface area contributed by atoms with Crippen molar-refractivity contribution in [3.05, 3.63) is 167 Å². The van der Waals surface area contributed by atoms with Gasteiger partial charge in [0.05, 0.1) is 14.2 Å². The van der Waals surface area contributed by atoms with Gasteiger partial charge in [0.25, 0.3) is 0 Å². The van der Waals surface area contributed by atoms with Gasteiger partial charge in [-0.2, -0.15) is 0 Å². The predicted octanol–water partition coefficient (Wildman–Crippen LogP) is 13.8. The lowest BCUT2D eigenvalue weighted by molar-refractivity contribution is 0.0642. The van der Waals surface area contributed by atoms with Gasteiger partial charge in [-0.05, 0) is 129 Å². The standard InChI is InChI=1S/C54H50O3/c1-34-29-45-46(30-44(34)41-17-12-14-35-13-8-9-15-40(35)41)50-43(49-48(45)42-16-10-11-18-47(42)53(49)32-51(2,3)31-52(4,5)33-53)27-28-54(57-50,36-19-23-38(55-6)24-20-36)37-21-25-39(56-7)26-22-37/h8-30H,31-33H2,1-7H3. The Morgan fingerprint density at radius 3 is 1.82 bits per heavy atom. The van der Waals surface area contributed by atoms with Crippen molar-refractivity contribution in [3.63, 3.8) is 0 Å². The molecule has 284 valence electrons. The van der Waals surface area contributed by atoms with Crippen molar-refractivity contribution < 1.29 is 14.2 Å². The Balaban J connectivity index is 1.33. The van der Waals surface area contributed by atoms with Crippen LogP contribution in [-0.2, 0) is 11.0 Å². The lowest BCUT2D eigenvalue weighted by Gasteiger charge is -2.52. The normalized spacial score (nSPS) is 17.8. The summed E-state index contributed by atoms with van der Waals surface area (Å²) >= 11 is 0. The first-order valence-corrected chi connectivity index (χ1v) is 20.4. The molecule has 0 N–H and O–H groups in total. The van der Waals surface area contributed by atoms with E-state index in [1.807, 2.05) is 24.3 Å². The molecule has 7 aromatic rings. The van der Waals surface area contributed by atoms with Gasteiger partial charge in [-0.1, -0.05) is 131 Å². The average molecular weight is 747 g/mol. The van der Waals surface area contributed by atoms with Gasteiger partial charge >= 0.3 is 0 Å². The Labute approximate surface area is 336 Å². The van der Waals surface area contributed by atoms with Crippen LogP contribution in [0.5, 0.6) is 17.2 Å². The zero-order valence-corrected chi connectivity index (χ0v) is 34.1. The molecule has 57 heavy (non-hydrogen) atoms. The first-order valence-electron chi connectivity index (χ1n) is 20.4. The molecular weight excluding hydrogens is 697 g/mol. The molecule has 3 nitrogen and oxygen atoms in total. The Morgan fingerprint density at radius 2 is 1.16 bits per heavy atom. The lowest BCUT2D eigenvalue weighted by atomic mass is 9.52. The third-order valence-corrected chi connectivity index (χ3v) is 13.2. The zero-order chi connectivity index (χ0) is 39.3. The molecule has 0 unspecified atom stereocenters. The van der Waals surface area contributed by atoms with E-state index in [2.05, 4.69) is 150 Å². The second-order valence-electron chi connectivity index (χ2n) is 18.3. The van der Waals surface area contributed by atoms with Crippen molar-refractivity contribution in [1.82, 2.24) is 0 Å². The van der Waals surface area contributed by atoms with E-state index in [-0.39, 0.29) is 16.2 Å². The summed E-state index contributed by atoms with van der Waals surface area (Å²) in [7, 11) is 3.43. The number of hydrogen-bond acceptors (Lipinski definition) is 3. The highest BCUT2D eigenvalue weighted by Crippen LogP contribution is 2.67. The highest BCUT2D eigenvalue weighted by atomic mass is 16.5. The molecule has 0 saturated heterocycles. The molecule has 0 amide bonds. The summed E-state index contributed by atoms with van der Waals surface area (Å²) in [6.07, 6.45) is 8.06. The Hall–Kier alpha value is -5.80. The summed E-state index contributed by atoms with van der Waals surface area (Å²) in [5.41, 5.74) is 11.8. The van der Waals surface area contributed by atoms with Crippen LogP contribution in [0.15, 0.2) is 133 Å². The number of hydrogen-bond donors (Lipinski definition) is 0. The third-order valence-electron chi connectivity index (χ3n) is 13.2. The van der Waals surface area contributed by atoms with Gasteiger partial charge in [0.1, 0.15) is 17.2 Å². The maximum atomic E-state index is 7.86. The van der Waals surface area contributed by atoms with Crippen molar-refractivity contribution in [3.8, 4) is 39.5 Å². The van der Waals surface area contributed by atoms with E-state index in [9.17, 15) is 0 Å². The number of aryl methyl sites for hydroxylation is 1. The molecule has 1 aliphatic heterocycles. The monoisotopic (exact) mass is 746 g/mol. The van der Waals surface area contributed by atoms with Gasteiger partial charge in [0, 0.05) is 27.5 Å². The van der Waals surface area contributed by atoms with Gasteiger partial charge in [-0.3, -0.25) is 0 Å². The van der Waals surface area contributed by atoms with Crippen LogP contribution in [0.2, 0.25) is 0 Å². The van der Waals surface area contributed by atoms with Crippen molar-refractivity contribution in [2.24, 2.45) is 10.8 Å². The van der Waals surface area contributed by atoms with Crippen molar-refractivity contribution in [2.45, 2.75) is 64.9 Å². The molecule has 1 spiro atoms. The van der Waals surface area contributed by atoms with E-state index in [1.165, 1.54) is 67.1 Å². The molecule has 2 aliphatic carbocycles. The quantitative estimate of drug-likeness (QED) is 0.176. The summed E-state index contributed by atoms with van der Waals surface area (Å²) in [6.45, 7) is 12.2. The molecule has 1 heterocycles. The minimum absolute atomic E-state index is 0.141. The maximum Gasteiger partial charge on any atom is 0.178 e. The van der Waals surface area contributed by atoms with Crippen LogP contribution in [0.25, 0.3) is 49.9 Å². The number of ether oxygens (including phenoxy) is 3. The van der Waals surface area contributed by atoms with Crippen molar-refractivity contribution in [2.75, 3.05) is 14.2 Å². The first kappa shape index (κ1) is 35.6. The lowest BCUT2D eigenvalue weighted by Crippen LogP contribution is -2.44. The van der Waals surface area contributed by atoms with E-state index >= 15 is 0 Å². The summed E-state index contributed by atoms with van der Waals surface area (Å²) in [5.74, 6) is 2.56. The van der Waals surface area contributed by atoms with E-state index in [1.54, 1.807) is 14.2 Å². The predicted molar refractivity (Wildman–Crippen MR) is 236 cm³/mol. The minimum Gasteiger partial charge on any atom is -0.497 e. The van der Waals surface area contributed by atoms with Crippen LogP contribution >= 0.6 is 0 Å². The van der Waals surface area contributed by atoms with E-state index < -0.39 is 5.60 Å². The van der Waals surface area contributed by atoms with Crippen LogP contribution in [0.4, 0.5) is 0 Å². The Bertz CT molecular complexity index is 2700. The summed E-state index contributed by atoms with van der Waals surface area (Å²) in [5, 5.41) is 4.87. The molecule has 7 aromatic carbocycles. The summed E-state index contributed by atoms with van der Waals surface area (Å²) in [6, 6.07) is 46.3. The SMILES string of the molecule is COc1ccc(C2(c3ccc(OC)cc3)C=Cc3c4c(c5cc(C)c(-c6cccc7ccccc67)cc5c3O2)-c2ccccc2C42CC(C)(C)CC(C)(C)C2)cc1. The van der Waals surface area contributed by atoms with Crippen molar-refractivity contribution in [1.29, 1.82) is 0 Å². The second-order valence-corrected chi connectivity index (χ2v) is 18.3.